The summed E-state index contributed by atoms with van der Waals surface area (Å²) in [6.45, 7) is 3.40. The van der Waals surface area contributed by atoms with Gasteiger partial charge in [0, 0.05) is 5.56 Å². The maximum atomic E-state index is 12.2. The molecule has 0 aliphatic heterocycles. The van der Waals surface area contributed by atoms with E-state index in [0.29, 0.717) is 11.1 Å². The third-order valence-electron chi connectivity index (χ3n) is 3.57. The summed E-state index contributed by atoms with van der Waals surface area (Å²) in [5.74, 6) is -1.36. The van der Waals surface area contributed by atoms with E-state index in [2.05, 4.69) is 4.74 Å². The van der Waals surface area contributed by atoms with Gasteiger partial charge in [-0.15, -0.1) is 0 Å². The van der Waals surface area contributed by atoms with Gasteiger partial charge in [-0.3, -0.25) is 4.79 Å². The molecule has 0 saturated carbocycles. The smallest absolute Gasteiger partial charge is 0.338 e. The molecule has 124 valence electrons. The SMILES string of the molecule is COC(=O)c1ccc(C(=O)OCC(=O)c2cc(C)ccc2C)cc1. The molecule has 0 unspecified atom stereocenters. The first-order valence-corrected chi connectivity index (χ1v) is 7.38. The summed E-state index contributed by atoms with van der Waals surface area (Å²) in [6.07, 6.45) is 0. The Bertz CT molecular complexity index is 775. The molecule has 0 bridgehead atoms. The van der Waals surface area contributed by atoms with Crippen LogP contribution in [0.5, 0.6) is 0 Å². The van der Waals surface area contributed by atoms with Gasteiger partial charge >= 0.3 is 11.9 Å². The molecule has 0 aliphatic carbocycles. The molecule has 2 rings (SSSR count). The summed E-state index contributed by atoms with van der Waals surface area (Å²) in [7, 11) is 1.28. The van der Waals surface area contributed by atoms with Gasteiger partial charge in [0.25, 0.3) is 0 Å². The molecule has 0 saturated heterocycles. The van der Waals surface area contributed by atoms with Gasteiger partial charge in [-0.05, 0) is 49.7 Å². The van der Waals surface area contributed by atoms with Gasteiger partial charge < -0.3 is 9.47 Å². The molecule has 0 radical (unpaired) electrons. The second-order valence-electron chi connectivity index (χ2n) is 5.39. The predicted octanol–water partition coefficient (Wildman–Crippen LogP) is 3.13. The van der Waals surface area contributed by atoms with Gasteiger partial charge in [-0.1, -0.05) is 17.7 Å². The lowest BCUT2D eigenvalue weighted by molar-refractivity contribution is 0.0474. The number of esters is 2. The minimum atomic E-state index is -0.620. The molecule has 2 aromatic carbocycles. The Morgan fingerprint density at radius 1 is 0.875 bits per heavy atom. The Balaban J connectivity index is 2.01. The molecule has 5 nitrogen and oxygen atoms in total. The van der Waals surface area contributed by atoms with E-state index >= 15 is 0 Å². The van der Waals surface area contributed by atoms with Gasteiger partial charge in [0.1, 0.15) is 0 Å². The Morgan fingerprint density at radius 3 is 2.04 bits per heavy atom. The molecule has 24 heavy (non-hydrogen) atoms. The largest absolute Gasteiger partial charge is 0.465 e. The van der Waals surface area contributed by atoms with Crippen LogP contribution in [0.25, 0.3) is 0 Å². The van der Waals surface area contributed by atoms with E-state index in [0.717, 1.165) is 11.1 Å². The van der Waals surface area contributed by atoms with Crippen molar-refractivity contribution in [3.63, 3.8) is 0 Å². The molecule has 0 aliphatic rings. The molecular formula is C19H18O5. The van der Waals surface area contributed by atoms with Crippen LogP contribution in [0.1, 0.15) is 42.2 Å². The highest BCUT2D eigenvalue weighted by atomic mass is 16.5. The zero-order valence-electron chi connectivity index (χ0n) is 13.8. The highest BCUT2D eigenvalue weighted by Gasteiger charge is 2.14. The van der Waals surface area contributed by atoms with Crippen LogP contribution in [-0.4, -0.2) is 31.4 Å². The normalized spacial score (nSPS) is 10.1. The molecule has 2 aromatic rings. The van der Waals surface area contributed by atoms with Crippen molar-refractivity contribution in [1.82, 2.24) is 0 Å². The van der Waals surface area contributed by atoms with Gasteiger partial charge in [0.15, 0.2) is 6.61 Å². The third-order valence-corrected chi connectivity index (χ3v) is 3.57. The summed E-state index contributed by atoms with van der Waals surface area (Å²) in [5.41, 5.74) is 2.94. The monoisotopic (exact) mass is 326 g/mol. The molecule has 0 N–H and O–H groups in total. The summed E-state index contributed by atoms with van der Waals surface area (Å²) in [5, 5.41) is 0. The lowest BCUT2D eigenvalue weighted by atomic mass is 10.0. The quantitative estimate of drug-likeness (QED) is 0.623. The fourth-order valence-electron chi connectivity index (χ4n) is 2.19. The topological polar surface area (TPSA) is 69.7 Å². The van der Waals surface area contributed by atoms with Crippen LogP contribution in [0.3, 0.4) is 0 Å². The number of ketones is 1. The minimum absolute atomic E-state index is 0.254. The second kappa shape index (κ2) is 7.55. The number of hydrogen-bond donors (Lipinski definition) is 0. The number of aryl methyl sites for hydroxylation is 2. The number of carbonyl (C=O) groups is 3. The average Bonchev–Trinajstić information content (AvgIpc) is 2.60. The first kappa shape index (κ1) is 17.4. The van der Waals surface area contributed by atoms with Crippen LogP contribution in [0.2, 0.25) is 0 Å². The van der Waals surface area contributed by atoms with E-state index in [1.807, 2.05) is 26.0 Å². The van der Waals surface area contributed by atoms with Crippen molar-refractivity contribution in [2.75, 3.05) is 13.7 Å². The number of carbonyl (C=O) groups excluding carboxylic acids is 3. The highest BCUT2D eigenvalue weighted by molar-refractivity contribution is 6.00. The van der Waals surface area contributed by atoms with E-state index in [4.69, 9.17) is 4.74 Å². The third kappa shape index (κ3) is 4.07. The van der Waals surface area contributed by atoms with Gasteiger partial charge in [0.2, 0.25) is 5.78 Å². The highest BCUT2D eigenvalue weighted by Crippen LogP contribution is 2.12. The standard InChI is InChI=1S/C19H18O5/c1-12-4-5-13(2)16(10-12)17(20)11-24-19(22)15-8-6-14(7-9-15)18(21)23-3/h4-10H,11H2,1-3H3. The van der Waals surface area contributed by atoms with E-state index in [9.17, 15) is 14.4 Å². The zero-order chi connectivity index (χ0) is 17.7. The van der Waals surface area contributed by atoms with E-state index < -0.39 is 11.9 Å². The Labute approximate surface area is 140 Å². The molecular weight excluding hydrogens is 308 g/mol. The molecule has 0 atom stereocenters. The second-order valence-corrected chi connectivity index (χ2v) is 5.39. The van der Waals surface area contributed by atoms with Crippen LogP contribution in [0.15, 0.2) is 42.5 Å². The van der Waals surface area contributed by atoms with Crippen molar-refractivity contribution in [2.45, 2.75) is 13.8 Å². The van der Waals surface area contributed by atoms with Crippen LogP contribution in [0.4, 0.5) is 0 Å². The molecule has 0 fully saturated rings. The number of benzene rings is 2. The van der Waals surface area contributed by atoms with Crippen molar-refractivity contribution in [3.8, 4) is 0 Å². The Morgan fingerprint density at radius 2 is 1.46 bits per heavy atom. The van der Waals surface area contributed by atoms with Gasteiger partial charge in [-0.2, -0.15) is 0 Å². The first-order valence-electron chi connectivity index (χ1n) is 7.38. The first-order chi connectivity index (χ1) is 11.4. The summed E-state index contributed by atoms with van der Waals surface area (Å²) >= 11 is 0. The number of hydrogen-bond acceptors (Lipinski definition) is 5. The molecule has 5 heteroatoms. The van der Waals surface area contributed by atoms with Crippen LogP contribution in [-0.2, 0) is 9.47 Å². The lowest BCUT2D eigenvalue weighted by Gasteiger charge is -2.08. The van der Waals surface area contributed by atoms with Crippen molar-refractivity contribution in [1.29, 1.82) is 0 Å². The van der Waals surface area contributed by atoms with Crippen molar-refractivity contribution in [2.24, 2.45) is 0 Å². The summed E-state index contributed by atoms with van der Waals surface area (Å²) < 4.78 is 9.65. The van der Waals surface area contributed by atoms with Gasteiger partial charge in [-0.25, -0.2) is 9.59 Å². The molecule has 0 heterocycles. The fraction of sp³-hybridized carbons (Fsp3) is 0.211. The number of rotatable bonds is 5. The van der Waals surface area contributed by atoms with Crippen molar-refractivity contribution >= 4 is 17.7 Å². The van der Waals surface area contributed by atoms with Gasteiger partial charge in [0.05, 0.1) is 18.2 Å². The Hall–Kier alpha value is -2.95. The number of Topliss-reactive ketones (excluding diaryl/α,β-unsaturated/α-hetero) is 1. The summed E-state index contributed by atoms with van der Waals surface area (Å²) in [4.78, 5) is 35.5. The predicted molar refractivity (Wildman–Crippen MR) is 88.3 cm³/mol. The minimum Gasteiger partial charge on any atom is -0.465 e. The maximum Gasteiger partial charge on any atom is 0.338 e. The average molecular weight is 326 g/mol. The van der Waals surface area contributed by atoms with E-state index in [1.54, 1.807) is 6.07 Å². The van der Waals surface area contributed by atoms with Crippen molar-refractivity contribution in [3.05, 3.63) is 70.3 Å². The zero-order valence-corrected chi connectivity index (χ0v) is 13.8. The molecule has 0 amide bonds. The fourth-order valence-corrected chi connectivity index (χ4v) is 2.19. The van der Waals surface area contributed by atoms with Crippen LogP contribution >= 0.6 is 0 Å². The lowest BCUT2D eigenvalue weighted by Crippen LogP contribution is -2.15. The summed E-state index contributed by atoms with van der Waals surface area (Å²) in [6, 6.07) is 11.4. The van der Waals surface area contributed by atoms with E-state index in [-0.39, 0.29) is 18.0 Å². The van der Waals surface area contributed by atoms with Crippen LogP contribution in [0, 0.1) is 13.8 Å². The molecule has 0 spiro atoms. The maximum absolute atomic E-state index is 12.2. The van der Waals surface area contributed by atoms with E-state index in [1.165, 1.54) is 31.4 Å². The molecule has 0 aromatic heterocycles. The number of methoxy groups -OCH3 is 1. The van der Waals surface area contributed by atoms with Crippen LogP contribution < -0.4 is 0 Å². The van der Waals surface area contributed by atoms with Crippen molar-refractivity contribution < 1.29 is 23.9 Å². The number of ether oxygens (including phenoxy) is 2. The Kier molecular flexibility index (Phi) is 5.47.